The second-order valence-corrected chi connectivity index (χ2v) is 4.02. The van der Waals surface area contributed by atoms with Gasteiger partial charge in [0.05, 0.1) is 0 Å². The third-order valence-electron chi connectivity index (χ3n) is 2.83. The molecule has 0 saturated carbocycles. The van der Waals surface area contributed by atoms with E-state index >= 15 is 0 Å². The highest BCUT2D eigenvalue weighted by Gasteiger charge is 2.05. The van der Waals surface area contributed by atoms with Crippen LogP contribution in [0.15, 0.2) is 63.8 Å². The maximum absolute atomic E-state index is 11.1. The Balaban J connectivity index is 2.23. The van der Waals surface area contributed by atoms with E-state index in [9.17, 15) is 9.90 Å². The van der Waals surface area contributed by atoms with Crippen LogP contribution in [-0.4, -0.2) is 5.11 Å². The van der Waals surface area contributed by atoms with Gasteiger partial charge in [-0.2, -0.15) is 0 Å². The molecule has 0 unspecified atom stereocenters. The van der Waals surface area contributed by atoms with Gasteiger partial charge in [0.2, 0.25) is 0 Å². The molecule has 1 heterocycles. The number of hydrogen-bond acceptors (Lipinski definition) is 3. The third-order valence-corrected chi connectivity index (χ3v) is 2.83. The minimum Gasteiger partial charge on any atom is -0.507 e. The summed E-state index contributed by atoms with van der Waals surface area (Å²) in [5.74, 6) is 0.231. The zero-order valence-electron chi connectivity index (χ0n) is 9.46. The standard InChI is InChI=1S/C15H10O3/c16-13-4-2-1-3-12(13)10-5-7-14-11(9-10)6-8-15(17)18-14/h1-9,16H. The first-order valence-corrected chi connectivity index (χ1v) is 5.56. The lowest BCUT2D eigenvalue weighted by Crippen LogP contribution is -1.94. The summed E-state index contributed by atoms with van der Waals surface area (Å²) >= 11 is 0. The molecule has 0 aliphatic rings. The highest BCUT2D eigenvalue weighted by molar-refractivity contribution is 5.84. The van der Waals surface area contributed by atoms with Gasteiger partial charge >= 0.3 is 5.63 Å². The summed E-state index contributed by atoms with van der Waals surface area (Å²) in [5, 5.41) is 10.6. The number of benzene rings is 2. The second kappa shape index (κ2) is 4.04. The van der Waals surface area contributed by atoms with Crippen LogP contribution < -0.4 is 5.63 Å². The Labute approximate surface area is 103 Å². The molecule has 1 N–H and O–H groups in total. The molecular formula is C15H10O3. The summed E-state index contributed by atoms with van der Waals surface area (Å²) in [6, 6.07) is 15.7. The zero-order valence-corrected chi connectivity index (χ0v) is 9.46. The van der Waals surface area contributed by atoms with Crippen LogP contribution in [0, 0.1) is 0 Å². The molecule has 3 nitrogen and oxygen atoms in total. The van der Waals surface area contributed by atoms with E-state index in [1.165, 1.54) is 6.07 Å². The maximum Gasteiger partial charge on any atom is 0.336 e. The van der Waals surface area contributed by atoms with Gasteiger partial charge in [0.1, 0.15) is 11.3 Å². The lowest BCUT2D eigenvalue weighted by molar-refractivity contribution is 0.477. The van der Waals surface area contributed by atoms with Gasteiger partial charge in [0, 0.05) is 17.0 Å². The van der Waals surface area contributed by atoms with Crippen LogP contribution in [0.4, 0.5) is 0 Å². The van der Waals surface area contributed by atoms with E-state index in [1.54, 1.807) is 24.3 Å². The van der Waals surface area contributed by atoms with E-state index in [2.05, 4.69) is 0 Å². The first kappa shape index (κ1) is 10.6. The Morgan fingerprint density at radius 3 is 2.61 bits per heavy atom. The zero-order chi connectivity index (χ0) is 12.5. The fraction of sp³-hybridized carbons (Fsp3) is 0. The number of rotatable bonds is 1. The summed E-state index contributed by atoms with van der Waals surface area (Å²) in [6.07, 6.45) is 0. The molecule has 0 amide bonds. The summed E-state index contributed by atoms with van der Waals surface area (Å²) in [4.78, 5) is 11.1. The molecule has 3 aromatic rings. The monoisotopic (exact) mass is 238 g/mol. The van der Waals surface area contributed by atoms with Crippen molar-refractivity contribution in [1.29, 1.82) is 0 Å². The Bertz CT molecular complexity index is 772. The van der Waals surface area contributed by atoms with Crippen LogP contribution in [0.25, 0.3) is 22.1 Å². The fourth-order valence-corrected chi connectivity index (χ4v) is 1.96. The van der Waals surface area contributed by atoms with Gasteiger partial charge in [-0.05, 0) is 29.8 Å². The van der Waals surface area contributed by atoms with Crippen molar-refractivity contribution in [2.75, 3.05) is 0 Å². The lowest BCUT2D eigenvalue weighted by atomic mass is 10.0. The molecule has 0 spiro atoms. The molecule has 0 aliphatic carbocycles. The first-order valence-electron chi connectivity index (χ1n) is 5.56. The molecule has 3 heteroatoms. The minimum absolute atomic E-state index is 0.231. The number of para-hydroxylation sites is 1. The fourth-order valence-electron chi connectivity index (χ4n) is 1.96. The van der Waals surface area contributed by atoms with Gasteiger partial charge < -0.3 is 9.52 Å². The van der Waals surface area contributed by atoms with Crippen LogP contribution in [0.1, 0.15) is 0 Å². The van der Waals surface area contributed by atoms with Crippen LogP contribution in [-0.2, 0) is 0 Å². The number of phenolic OH excluding ortho intramolecular Hbond substituents is 1. The van der Waals surface area contributed by atoms with Crippen molar-refractivity contribution in [3.63, 3.8) is 0 Å². The molecule has 0 atom stereocenters. The Hall–Kier alpha value is -2.55. The second-order valence-electron chi connectivity index (χ2n) is 4.02. The van der Waals surface area contributed by atoms with Crippen molar-refractivity contribution >= 4 is 11.0 Å². The van der Waals surface area contributed by atoms with E-state index in [-0.39, 0.29) is 11.4 Å². The molecule has 0 radical (unpaired) electrons. The van der Waals surface area contributed by atoms with Crippen LogP contribution in [0.5, 0.6) is 5.75 Å². The van der Waals surface area contributed by atoms with E-state index in [4.69, 9.17) is 4.42 Å². The van der Waals surface area contributed by atoms with E-state index in [0.29, 0.717) is 5.58 Å². The minimum atomic E-state index is -0.363. The first-order chi connectivity index (χ1) is 8.74. The molecule has 1 aromatic heterocycles. The normalized spacial score (nSPS) is 10.7. The Morgan fingerprint density at radius 2 is 1.78 bits per heavy atom. The number of hydrogen-bond donors (Lipinski definition) is 1. The maximum atomic E-state index is 11.1. The largest absolute Gasteiger partial charge is 0.507 e. The predicted molar refractivity (Wildman–Crippen MR) is 69.6 cm³/mol. The van der Waals surface area contributed by atoms with Crippen molar-refractivity contribution < 1.29 is 9.52 Å². The van der Waals surface area contributed by atoms with Gasteiger partial charge in [0.15, 0.2) is 0 Å². The molecule has 88 valence electrons. The Kier molecular flexibility index (Phi) is 2.38. The number of phenols is 1. The summed E-state index contributed by atoms with van der Waals surface area (Å²) in [6.45, 7) is 0. The third kappa shape index (κ3) is 1.76. The predicted octanol–water partition coefficient (Wildman–Crippen LogP) is 3.17. The van der Waals surface area contributed by atoms with Crippen LogP contribution in [0.2, 0.25) is 0 Å². The van der Waals surface area contributed by atoms with Gasteiger partial charge in [-0.15, -0.1) is 0 Å². The summed E-state index contributed by atoms with van der Waals surface area (Å²) < 4.78 is 5.06. The van der Waals surface area contributed by atoms with Crippen LogP contribution >= 0.6 is 0 Å². The smallest absolute Gasteiger partial charge is 0.336 e. The van der Waals surface area contributed by atoms with Crippen molar-refractivity contribution in [2.24, 2.45) is 0 Å². The van der Waals surface area contributed by atoms with E-state index < -0.39 is 0 Å². The molecule has 0 fully saturated rings. The van der Waals surface area contributed by atoms with Crippen molar-refractivity contribution in [1.82, 2.24) is 0 Å². The van der Waals surface area contributed by atoms with Gasteiger partial charge in [-0.1, -0.05) is 24.3 Å². The molecule has 3 rings (SSSR count). The Morgan fingerprint density at radius 1 is 0.944 bits per heavy atom. The lowest BCUT2D eigenvalue weighted by Gasteiger charge is -2.05. The molecule has 18 heavy (non-hydrogen) atoms. The number of fused-ring (bicyclic) bond motifs is 1. The van der Waals surface area contributed by atoms with Crippen molar-refractivity contribution in [3.8, 4) is 16.9 Å². The van der Waals surface area contributed by atoms with Crippen LogP contribution in [0.3, 0.4) is 0 Å². The molecule has 2 aromatic carbocycles. The van der Waals surface area contributed by atoms with Gasteiger partial charge in [0.25, 0.3) is 0 Å². The quantitative estimate of drug-likeness (QED) is 0.662. The van der Waals surface area contributed by atoms with Gasteiger partial charge in [-0.25, -0.2) is 4.79 Å². The molecule has 0 saturated heterocycles. The molecule has 0 aliphatic heterocycles. The summed E-state index contributed by atoms with van der Waals surface area (Å²) in [5.41, 5.74) is 1.82. The van der Waals surface area contributed by atoms with Gasteiger partial charge in [-0.3, -0.25) is 0 Å². The summed E-state index contributed by atoms with van der Waals surface area (Å²) in [7, 11) is 0. The molecule has 0 bridgehead atoms. The highest BCUT2D eigenvalue weighted by Crippen LogP contribution is 2.30. The van der Waals surface area contributed by atoms with Crippen molar-refractivity contribution in [2.45, 2.75) is 0 Å². The average molecular weight is 238 g/mol. The van der Waals surface area contributed by atoms with Crippen molar-refractivity contribution in [3.05, 3.63) is 65.0 Å². The average Bonchev–Trinajstić information content (AvgIpc) is 2.39. The van der Waals surface area contributed by atoms with E-state index in [1.807, 2.05) is 24.3 Å². The van der Waals surface area contributed by atoms with E-state index in [0.717, 1.165) is 16.5 Å². The number of aromatic hydroxyl groups is 1. The SMILES string of the molecule is O=c1ccc2cc(-c3ccccc3O)ccc2o1. The highest BCUT2D eigenvalue weighted by atomic mass is 16.4. The topological polar surface area (TPSA) is 50.4 Å². The molecular weight excluding hydrogens is 228 g/mol.